The second kappa shape index (κ2) is 6.82. The monoisotopic (exact) mass is 301 g/mol. The minimum Gasteiger partial charge on any atom is -0.466 e. The van der Waals surface area contributed by atoms with Gasteiger partial charge in [-0.3, -0.25) is 0 Å². The molecule has 2 aromatic carbocycles. The molecular weight excluding hydrogens is 287 g/mol. The SMILES string of the molecule is C=CC(=O)OC.O=[p+]1oc2ccccc2c2ccccc21. The molecule has 0 radical (unpaired) electrons. The summed E-state index contributed by atoms with van der Waals surface area (Å²) >= 11 is 0. The van der Waals surface area contributed by atoms with Crippen molar-refractivity contribution in [2.75, 3.05) is 7.11 Å². The second-order valence-corrected chi connectivity index (χ2v) is 5.27. The number of para-hydroxylation sites is 1. The van der Waals surface area contributed by atoms with Crippen LogP contribution in [-0.4, -0.2) is 13.1 Å². The second-order valence-electron chi connectivity index (χ2n) is 4.09. The Morgan fingerprint density at radius 1 is 1.14 bits per heavy atom. The Bertz CT molecular complexity index is 851. The Labute approximate surface area is 122 Å². The van der Waals surface area contributed by atoms with Crippen molar-refractivity contribution < 1.29 is 18.3 Å². The number of carbonyl (C=O) groups is 1. The zero-order valence-corrected chi connectivity index (χ0v) is 12.4. The van der Waals surface area contributed by atoms with Gasteiger partial charge in [0.2, 0.25) is 5.12 Å². The predicted molar refractivity (Wildman–Crippen MR) is 83.5 cm³/mol. The topological polar surface area (TPSA) is 56.5 Å². The van der Waals surface area contributed by atoms with Gasteiger partial charge in [-0.25, -0.2) is 8.99 Å². The average Bonchev–Trinajstić information content (AvgIpc) is 2.55. The maximum Gasteiger partial charge on any atom is 0.597 e. The van der Waals surface area contributed by atoms with Crippen molar-refractivity contribution in [1.82, 2.24) is 0 Å². The standard InChI is InChI=1S/C12H8O2P.C4H6O2/c13-15-12-8-4-2-6-10(12)9-5-1-3-7-11(9)14-15;1-3-4(5)6-2/h1-8H;3H,1H2,2H3/q+1;. The highest BCUT2D eigenvalue weighted by Gasteiger charge is 2.14. The lowest BCUT2D eigenvalue weighted by atomic mass is 10.1. The van der Waals surface area contributed by atoms with Crippen LogP contribution < -0.4 is 0 Å². The largest absolute Gasteiger partial charge is 0.597 e. The minimum atomic E-state index is -1.74. The fraction of sp³-hybridized carbons (Fsp3) is 0.0625. The summed E-state index contributed by atoms with van der Waals surface area (Å²) in [6.07, 6.45) is 1.11. The highest BCUT2D eigenvalue weighted by atomic mass is 31.1. The van der Waals surface area contributed by atoms with E-state index in [1.165, 1.54) is 7.11 Å². The van der Waals surface area contributed by atoms with Gasteiger partial charge in [-0.1, -0.05) is 36.9 Å². The first kappa shape index (κ1) is 14.9. The molecule has 0 aliphatic carbocycles. The molecule has 106 valence electrons. The summed E-state index contributed by atoms with van der Waals surface area (Å²) in [7, 11) is -0.435. The third-order valence-corrected chi connectivity index (χ3v) is 3.97. The molecule has 5 heteroatoms. The van der Waals surface area contributed by atoms with Crippen LogP contribution in [0.5, 0.6) is 0 Å². The van der Waals surface area contributed by atoms with Crippen molar-refractivity contribution >= 4 is 35.1 Å². The van der Waals surface area contributed by atoms with Gasteiger partial charge in [0.1, 0.15) is 0 Å². The lowest BCUT2D eigenvalue weighted by Gasteiger charge is -1.94. The molecule has 0 saturated carbocycles. The van der Waals surface area contributed by atoms with E-state index in [1.807, 2.05) is 48.5 Å². The summed E-state index contributed by atoms with van der Waals surface area (Å²) in [5, 5.41) is 2.81. The summed E-state index contributed by atoms with van der Waals surface area (Å²) in [4.78, 5) is 9.84. The van der Waals surface area contributed by atoms with E-state index in [-0.39, 0.29) is 0 Å². The number of hydrogen-bond acceptors (Lipinski definition) is 4. The van der Waals surface area contributed by atoms with E-state index >= 15 is 0 Å². The summed E-state index contributed by atoms with van der Waals surface area (Å²) in [5.74, 6) is -0.394. The fourth-order valence-corrected chi connectivity index (χ4v) is 2.89. The molecule has 0 N–H and O–H groups in total. The first-order valence-electron chi connectivity index (χ1n) is 6.21. The molecule has 0 spiro atoms. The van der Waals surface area contributed by atoms with Crippen molar-refractivity contribution in [3.63, 3.8) is 0 Å². The lowest BCUT2D eigenvalue weighted by molar-refractivity contribution is -0.134. The van der Waals surface area contributed by atoms with Gasteiger partial charge in [-0.2, -0.15) is 0 Å². The Hall–Kier alpha value is -2.45. The smallest absolute Gasteiger partial charge is 0.466 e. The number of esters is 1. The van der Waals surface area contributed by atoms with Crippen LogP contribution in [0.1, 0.15) is 0 Å². The highest BCUT2D eigenvalue weighted by molar-refractivity contribution is 7.37. The normalized spacial score (nSPS) is 10.6. The molecule has 1 aromatic heterocycles. The van der Waals surface area contributed by atoms with Crippen LogP contribution in [0.3, 0.4) is 0 Å². The first-order valence-corrected chi connectivity index (χ1v) is 7.39. The van der Waals surface area contributed by atoms with Gasteiger partial charge in [0.15, 0.2) is 5.58 Å². The van der Waals surface area contributed by atoms with Crippen molar-refractivity contribution in [3.8, 4) is 0 Å². The van der Waals surface area contributed by atoms with Gasteiger partial charge in [0.05, 0.1) is 7.11 Å². The molecule has 1 unspecified atom stereocenters. The highest BCUT2D eigenvalue weighted by Crippen LogP contribution is 2.34. The number of benzene rings is 2. The van der Waals surface area contributed by atoms with Crippen LogP contribution in [0.25, 0.3) is 21.5 Å². The van der Waals surface area contributed by atoms with Crippen molar-refractivity contribution in [1.29, 1.82) is 0 Å². The molecule has 1 atom stereocenters. The molecule has 21 heavy (non-hydrogen) atoms. The molecule has 0 amide bonds. The molecule has 0 bridgehead atoms. The Morgan fingerprint density at radius 3 is 2.38 bits per heavy atom. The van der Waals surface area contributed by atoms with Crippen LogP contribution in [0.4, 0.5) is 0 Å². The fourth-order valence-electron chi connectivity index (χ4n) is 1.85. The quantitative estimate of drug-likeness (QED) is 0.372. The van der Waals surface area contributed by atoms with Crippen molar-refractivity contribution in [3.05, 3.63) is 61.2 Å². The van der Waals surface area contributed by atoms with Gasteiger partial charge >= 0.3 is 13.6 Å². The zero-order chi connectivity index (χ0) is 15.2. The molecule has 1 heterocycles. The third kappa shape index (κ3) is 3.36. The molecule has 0 saturated heterocycles. The Morgan fingerprint density at radius 2 is 1.76 bits per heavy atom. The lowest BCUT2D eigenvalue weighted by Crippen LogP contribution is -1.91. The van der Waals surface area contributed by atoms with E-state index in [4.69, 9.17) is 4.20 Å². The summed E-state index contributed by atoms with van der Waals surface area (Å²) in [6.45, 7) is 3.16. The van der Waals surface area contributed by atoms with Gasteiger partial charge in [0, 0.05) is 16.8 Å². The van der Waals surface area contributed by atoms with E-state index in [1.54, 1.807) is 0 Å². The van der Waals surface area contributed by atoms with Crippen LogP contribution in [0, 0.1) is 0 Å². The maximum absolute atomic E-state index is 11.8. The van der Waals surface area contributed by atoms with Gasteiger partial charge in [0.25, 0.3) is 0 Å². The van der Waals surface area contributed by atoms with Gasteiger partial charge < -0.3 is 4.74 Å². The molecule has 3 rings (SSSR count). The summed E-state index contributed by atoms with van der Waals surface area (Å²) in [6, 6.07) is 15.3. The Kier molecular flexibility index (Phi) is 4.85. The van der Waals surface area contributed by atoms with Crippen LogP contribution in [-0.2, 0) is 14.1 Å². The molecule has 3 aromatic rings. The number of hydrogen-bond donors (Lipinski definition) is 0. The van der Waals surface area contributed by atoms with Gasteiger partial charge in [-0.05, 0) is 22.8 Å². The maximum atomic E-state index is 11.8. The molecule has 0 aliphatic heterocycles. The van der Waals surface area contributed by atoms with E-state index in [0.29, 0.717) is 5.58 Å². The average molecular weight is 301 g/mol. The van der Waals surface area contributed by atoms with Crippen LogP contribution in [0.15, 0.2) is 65.4 Å². The summed E-state index contributed by atoms with van der Waals surface area (Å²) < 4.78 is 21.3. The number of carbonyl (C=O) groups excluding carboxylic acids is 1. The first-order chi connectivity index (χ1) is 10.2. The van der Waals surface area contributed by atoms with E-state index in [9.17, 15) is 9.36 Å². The van der Waals surface area contributed by atoms with E-state index in [0.717, 1.165) is 22.0 Å². The van der Waals surface area contributed by atoms with E-state index < -0.39 is 13.6 Å². The van der Waals surface area contributed by atoms with Crippen LogP contribution >= 0.6 is 7.65 Å². The third-order valence-electron chi connectivity index (χ3n) is 2.83. The number of methoxy groups -OCH3 is 1. The summed E-state index contributed by atoms with van der Waals surface area (Å²) in [5.41, 5.74) is 0.706. The minimum absolute atomic E-state index is 0.394. The van der Waals surface area contributed by atoms with Crippen LogP contribution in [0.2, 0.25) is 0 Å². The molecule has 4 nitrogen and oxygen atoms in total. The molecule has 0 aliphatic rings. The molecular formula is C16H14O4P+. The number of ether oxygens (including phenoxy) is 1. The van der Waals surface area contributed by atoms with Crippen molar-refractivity contribution in [2.24, 2.45) is 0 Å². The Balaban J connectivity index is 0.000000232. The predicted octanol–water partition coefficient (Wildman–Crippen LogP) is 4.67. The van der Waals surface area contributed by atoms with Gasteiger partial charge in [-0.15, -0.1) is 0 Å². The number of fused-ring (bicyclic) bond motifs is 3. The van der Waals surface area contributed by atoms with Crippen molar-refractivity contribution in [2.45, 2.75) is 0 Å². The number of rotatable bonds is 1. The van der Waals surface area contributed by atoms with E-state index in [2.05, 4.69) is 11.3 Å². The zero-order valence-electron chi connectivity index (χ0n) is 11.5. The molecule has 0 fully saturated rings.